The fraction of sp³-hybridized carbons (Fsp3) is 0.0571. The molecule has 0 bridgehead atoms. The highest BCUT2D eigenvalue weighted by Crippen LogP contribution is 2.50. The maximum atomic E-state index is 2.52. The number of fused-ring (bicyclic) bond motifs is 7. The molecule has 11 aromatic carbocycles. The Hall–Kier alpha value is -8.98. The molecule has 11 aromatic rings. The second-order valence-electron chi connectivity index (χ2n) is 19.0. The maximum absolute atomic E-state index is 2.52. The van der Waals surface area contributed by atoms with Crippen molar-refractivity contribution >= 4 is 71.4 Å². The zero-order valence-corrected chi connectivity index (χ0v) is 40.1. The molecule has 1 atom stereocenters. The van der Waals surface area contributed by atoms with Crippen molar-refractivity contribution in [2.45, 2.75) is 25.3 Å². The smallest absolute Gasteiger partial charge is 0.0560 e. The molecule has 2 nitrogen and oxygen atoms in total. The van der Waals surface area contributed by atoms with Crippen molar-refractivity contribution in [3.05, 3.63) is 284 Å². The lowest BCUT2D eigenvalue weighted by atomic mass is 9.79. The van der Waals surface area contributed by atoms with Gasteiger partial charge in [-0.25, -0.2) is 0 Å². The van der Waals surface area contributed by atoms with Crippen molar-refractivity contribution in [1.29, 1.82) is 0 Å². The van der Waals surface area contributed by atoms with Crippen LogP contribution in [0.1, 0.15) is 24.8 Å². The fourth-order valence-electron chi connectivity index (χ4n) is 11.4. The zero-order chi connectivity index (χ0) is 47.8. The van der Waals surface area contributed by atoms with Crippen LogP contribution in [0.4, 0.5) is 22.7 Å². The molecule has 0 aliphatic heterocycles. The Morgan fingerprint density at radius 1 is 0.361 bits per heavy atom. The van der Waals surface area contributed by atoms with Crippen LogP contribution in [-0.2, 0) is 0 Å². The first-order valence-corrected chi connectivity index (χ1v) is 25.3. The molecular weight excluding hydrogens is 869 g/mol. The van der Waals surface area contributed by atoms with Crippen molar-refractivity contribution in [1.82, 2.24) is 0 Å². The zero-order valence-electron chi connectivity index (χ0n) is 40.1. The molecule has 1 unspecified atom stereocenters. The number of hydrogen-bond acceptors (Lipinski definition) is 2. The highest BCUT2D eigenvalue weighted by Gasteiger charge is 2.26. The number of benzene rings is 11. The molecule has 342 valence electrons. The first-order chi connectivity index (χ1) is 35.7. The third-order valence-corrected chi connectivity index (χ3v) is 14.7. The largest absolute Gasteiger partial charge is 0.335 e. The molecule has 0 saturated heterocycles. The van der Waals surface area contributed by atoms with E-state index in [0.717, 1.165) is 36.3 Å². The van der Waals surface area contributed by atoms with E-state index < -0.39 is 0 Å². The number of nitrogens with zero attached hydrogens (tertiary/aromatic N) is 2. The maximum Gasteiger partial charge on any atom is 0.0560 e. The summed E-state index contributed by atoms with van der Waals surface area (Å²) in [5, 5.41) is 10.0. The van der Waals surface area contributed by atoms with Crippen molar-refractivity contribution in [2.24, 2.45) is 0 Å². The monoisotopic (exact) mass is 920 g/mol. The minimum absolute atomic E-state index is 0.154. The predicted molar refractivity (Wildman–Crippen MR) is 308 cm³/mol. The molecule has 0 saturated carbocycles. The van der Waals surface area contributed by atoms with Gasteiger partial charge in [0.1, 0.15) is 0 Å². The quantitative estimate of drug-likeness (QED) is 0.126. The van der Waals surface area contributed by atoms with Crippen LogP contribution < -0.4 is 9.80 Å². The van der Waals surface area contributed by atoms with Gasteiger partial charge >= 0.3 is 0 Å². The van der Waals surface area contributed by atoms with Gasteiger partial charge in [-0.1, -0.05) is 206 Å². The summed E-state index contributed by atoms with van der Waals surface area (Å²) in [6.07, 6.45) is 17.4. The SMILES string of the molecule is C1=CC(N(c2ccccc2)C2C=CC(c3c(-c4ccccc4)cc(-c4ccc(N(c5ccccc5)c5ccccc5)cc4)c4c5ccccc5c5cc(-c6cccc7ccccc67)ccc5c34)=CC2)=CCC1. The second-order valence-corrected chi connectivity index (χ2v) is 19.0. The number of rotatable bonds is 10. The van der Waals surface area contributed by atoms with Gasteiger partial charge in [-0.2, -0.15) is 0 Å². The van der Waals surface area contributed by atoms with Crippen LogP contribution in [0.25, 0.3) is 82.0 Å². The Balaban J connectivity index is 1.07. The summed E-state index contributed by atoms with van der Waals surface area (Å²) in [4.78, 5) is 4.86. The number of para-hydroxylation sites is 3. The molecule has 0 amide bonds. The highest BCUT2D eigenvalue weighted by atomic mass is 15.2. The van der Waals surface area contributed by atoms with Crippen LogP contribution in [0.2, 0.25) is 0 Å². The molecular formula is C70H52N2. The van der Waals surface area contributed by atoms with Gasteiger partial charge < -0.3 is 9.80 Å². The van der Waals surface area contributed by atoms with E-state index in [-0.39, 0.29) is 6.04 Å². The lowest BCUT2D eigenvalue weighted by Crippen LogP contribution is -2.33. The van der Waals surface area contributed by atoms with E-state index in [9.17, 15) is 0 Å². The Bertz CT molecular complexity index is 3880. The number of allylic oxidation sites excluding steroid dienone is 5. The van der Waals surface area contributed by atoms with E-state index in [0.29, 0.717) is 0 Å². The summed E-state index contributed by atoms with van der Waals surface area (Å²) in [7, 11) is 0. The molecule has 2 aliphatic carbocycles. The van der Waals surface area contributed by atoms with E-state index >= 15 is 0 Å². The van der Waals surface area contributed by atoms with Gasteiger partial charge in [0.05, 0.1) is 6.04 Å². The second kappa shape index (κ2) is 18.7. The normalized spacial score (nSPS) is 14.4. The average molecular weight is 921 g/mol. The van der Waals surface area contributed by atoms with Gasteiger partial charge in [-0.05, 0) is 174 Å². The van der Waals surface area contributed by atoms with Crippen LogP contribution in [0.5, 0.6) is 0 Å². The standard InChI is InChI=1S/C70H52N2/c1-6-21-50(22-7-1)65-48-66(51-37-42-58(43-38-51)71(54-25-8-2-9-26-54)55-27-10-3-11-28-55)69-63-35-19-18-34-62(63)67-47-53(61-36-20-24-49-23-16-17-33-60(49)61)41-46-64(67)70(69)68(65)52-39-44-59(45-40-52)72(56-29-12-4-13-30-56)57-31-14-5-15-32-57/h1-4,6-14,16-44,46-48,59H,5,15,45H2. The average Bonchev–Trinajstić information content (AvgIpc) is 3.46. The molecule has 0 aromatic heterocycles. The van der Waals surface area contributed by atoms with Gasteiger partial charge in [0.25, 0.3) is 0 Å². The predicted octanol–water partition coefficient (Wildman–Crippen LogP) is 19.2. The molecule has 2 aliphatic rings. The summed E-state index contributed by atoms with van der Waals surface area (Å²) in [5.41, 5.74) is 15.6. The first kappa shape index (κ1) is 43.1. The molecule has 0 heterocycles. The van der Waals surface area contributed by atoms with Gasteiger partial charge in [0.2, 0.25) is 0 Å². The summed E-state index contributed by atoms with van der Waals surface area (Å²) >= 11 is 0. The lowest BCUT2D eigenvalue weighted by Gasteiger charge is -2.35. The molecule has 13 rings (SSSR count). The van der Waals surface area contributed by atoms with E-state index in [2.05, 4.69) is 283 Å². The van der Waals surface area contributed by atoms with Crippen molar-refractivity contribution in [3.63, 3.8) is 0 Å². The van der Waals surface area contributed by atoms with Crippen LogP contribution in [-0.4, -0.2) is 6.04 Å². The lowest BCUT2D eigenvalue weighted by molar-refractivity contribution is 0.756. The van der Waals surface area contributed by atoms with E-state index in [1.165, 1.54) is 99.0 Å². The Kier molecular flexibility index (Phi) is 11.2. The topological polar surface area (TPSA) is 6.48 Å². The third-order valence-electron chi connectivity index (χ3n) is 14.7. The molecule has 0 radical (unpaired) electrons. The van der Waals surface area contributed by atoms with Crippen molar-refractivity contribution in [2.75, 3.05) is 9.80 Å². The van der Waals surface area contributed by atoms with Crippen molar-refractivity contribution in [3.8, 4) is 33.4 Å². The third kappa shape index (κ3) is 7.79. The van der Waals surface area contributed by atoms with Gasteiger partial charge in [0, 0.05) is 28.4 Å². The Morgan fingerprint density at radius 2 is 0.944 bits per heavy atom. The highest BCUT2D eigenvalue weighted by molar-refractivity contribution is 6.32. The van der Waals surface area contributed by atoms with Crippen LogP contribution in [0.3, 0.4) is 0 Å². The number of hydrogen-bond donors (Lipinski definition) is 0. The van der Waals surface area contributed by atoms with Crippen molar-refractivity contribution < 1.29 is 0 Å². The summed E-state index contributed by atoms with van der Waals surface area (Å²) in [6, 6.07) is 86.9. The first-order valence-electron chi connectivity index (χ1n) is 25.3. The minimum Gasteiger partial charge on any atom is -0.335 e. The van der Waals surface area contributed by atoms with Gasteiger partial charge in [-0.3, -0.25) is 0 Å². The summed E-state index contributed by atoms with van der Waals surface area (Å²) in [6.45, 7) is 0. The van der Waals surface area contributed by atoms with Crippen LogP contribution >= 0.6 is 0 Å². The Morgan fingerprint density at radius 3 is 1.62 bits per heavy atom. The summed E-state index contributed by atoms with van der Waals surface area (Å²) in [5.74, 6) is 0. The van der Waals surface area contributed by atoms with E-state index in [4.69, 9.17) is 0 Å². The Labute approximate surface area is 422 Å². The van der Waals surface area contributed by atoms with E-state index in [1.54, 1.807) is 0 Å². The molecule has 72 heavy (non-hydrogen) atoms. The van der Waals surface area contributed by atoms with E-state index in [1.807, 2.05) is 0 Å². The number of anilines is 4. The van der Waals surface area contributed by atoms with Crippen LogP contribution in [0, 0.1) is 0 Å². The molecule has 2 heteroatoms. The molecule has 0 N–H and O–H groups in total. The van der Waals surface area contributed by atoms with Gasteiger partial charge in [-0.15, -0.1) is 0 Å². The molecule has 0 fully saturated rings. The van der Waals surface area contributed by atoms with Gasteiger partial charge in [0.15, 0.2) is 0 Å². The minimum atomic E-state index is 0.154. The van der Waals surface area contributed by atoms with Crippen LogP contribution in [0.15, 0.2) is 279 Å². The summed E-state index contributed by atoms with van der Waals surface area (Å²) < 4.78 is 0. The molecule has 0 spiro atoms. The fourth-order valence-corrected chi connectivity index (χ4v) is 11.4.